The van der Waals surface area contributed by atoms with E-state index in [1.807, 2.05) is 24.3 Å². The van der Waals surface area contributed by atoms with E-state index in [1.54, 1.807) is 0 Å². The minimum atomic E-state index is -1.33. The van der Waals surface area contributed by atoms with Crippen LogP contribution in [0, 0.1) is 0 Å². The van der Waals surface area contributed by atoms with E-state index in [2.05, 4.69) is 15.9 Å². The van der Waals surface area contributed by atoms with Gasteiger partial charge in [-0.25, -0.2) is 0 Å². The van der Waals surface area contributed by atoms with Crippen molar-refractivity contribution in [2.45, 2.75) is 5.75 Å². The van der Waals surface area contributed by atoms with Gasteiger partial charge in [0.05, 0.1) is 0 Å². The highest BCUT2D eigenvalue weighted by atomic mass is 79.9. The minimum absolute atomic E-state index is 0.283. The maximum Gasteiger partial charge on any atom is 0.316 e. The highest BCUT2D eigenvalue weighted by molar-refractivity contribution is 9.10. The summed E-state index contributed by atoms with van der Waals surface area (Å²) in [6, 6.07) is 7.35. The number of carboxylic acid groups (broad SMARTS) is 1. The molecule has 14 heavy (non-hydrogen) atoms. The van der Waals surface area contributed by atoms with Crippen LogP contribution in [0.15, 0.2) is 28.7 Å². The number of aliphatic carboxylic acids is 1. The second-order valence-electron chi connectivity index (χ2n) is 2.75. The van der Waals surface area contributed by atoms with Crippen molar-refractivity contribution in [1.29, 1.82) is 0 Å². The lowest BCUT2D eigenvalue weighted by molar-refractivity contribution is -0.133. The molecule has 1 atom stereocenters. The molecule has 1 rings (SSSR count). The number of benzene rings is 1. The number of carboxylic acids is 1. The molecule has 0 bridgehead atoms. The molecule has 0 aromatic heterocycles. The molecule has 0 spiro atoms. The normalized spacial score (nSPS) is 12.4. The Kier molecular flexibility index (Phi) is 4.28. The second kappa shape index (κ2) is 5.26. The van der Waals surface area contributed by atoms with Crippen molar-refractivity contribution in [3.63, 3.8) is 0 Å². The summed E-state index contributed by atoms with van der Waals surface area (Å²) in [5.41, 5.74) is 0.874. The van der Waals surface area contributed by atoms with Crippen LogP contribution in [0.2, 0.25) is 0 Å². The van der Waals surface area contributed by atoms with Crippen molar-refractivity contribution in [1.82, 2.24) is 0 Å². The summed E-state index contributed by atoms with van der Waals surface area (Å²) in [7, 11) is -1.33. The third-order valence-corrected chi connectivity index (χ3v) is 3.22. The molecular formula is C9H9BrO3S. The van der Waals surface area contributed by atoms with Crippen molar-refractivity contribution in [3.05, 3.63) is 34.3 Å². The van der Waals surface area contributed by atoms with Crippen LogP contribution in [-0.4, -0.2) is 21.0 Å². The molecule has 0 amide bonds. The average molecular weight is 277 g/mol. The molecule has 0 aliphatic carbocycles. The first kappa shape index (κ1) is 11.4. The monoisotopic (exact) mass is 276 g/mol. The third kappa shape index (κ3) is 4.02. The SMILES string of the molecule is O=C(O)CS(=O)Cc1cccc(Br)c1. The smallest absolute Gasteiger partial charge is 0.316 e. The molecule has 0 saturated carbocycles. The van der Waals surface area contributed by atoms with Gasteiger partial charge in [0.1, 0.15) is 5.75 Å². The Morgan fingerprint density at radius 3 is 2.79 bits per heavy atom. The summed E-state index contributed by atoms with van der Waals surface area (Å²) in [6.45, 7) is 0. The molecule has 1 aromatic carbocycles. The molecule has 3 nitrogen and oxygen atoms in total. The summed E-state index contributed by atoms with van der Waals surface area (Å²) < 4.78 is 12.2. The van der Waals surface area contributed by atoms with Gasteiger partial charge < -0.3 is 5.11 Å². The summed E-state index contributed by atoms with van der Waals surface area (Å²) in [5, 5.41) is 8.41. The van der Waals surface area contributed by atoms with Crippen LogP contribution in [0.5, 0.6) is 0 Å². The number of rotatable bonds is 4. The zero-order valence-corrected chi connectivity index (χ0v) is 9.68. The van der Waals surface area contributed by atoms with E-state index >= 15 is 0 Å². The second-order valence-corrected chi connectivity index (χ2v) is 5.12. The lowest BCUT2D eigenvalue weighted by Gasteiger charge is -2.00. The Bertz CT molecular complexity index is 365. The molecular weight excluding hydrogens is 268 g/mol. The quantitative estimate of drug-likeness (QED) is 0.912. The zero-order valence-electron chi connectivity index (χ0n) is 7.27. The number of hydrogen-bond donors (Lipinski definition) is 1. The first-order chi connectivity index (χ1) is 6.58. The molecule has 0 aliphatic rings. The number of halogens is 1. The van der Waals surface area contributed by atoms with Crippen molar-refractivity contribution < 1.29 is 14.1 Å². The summed E-state index contributed by atoms with van der Waals surface area (Å²) >= 11 is 3.29. The molecule has 1 aromatic rings. The predicted molar refractivity (Wildman–Crippen MR) is 58.5 cm³/mol. The van der Waals surface area contributed by atoms with Gasteiger partial charge in [-0.3, -0.25) is 9.00 Å². The third-order valence-electron chi connectivity index (χ3n) is 1.50. The lowest BCUT2D eigenvalue weighted by Crippen LogP contribution is -2.10. The van der Waals surface area contributed by atoms with Crippen LogP contribution in [-0.2, 0) is 21.3 Å². The van der Waals surface area contributed by atoms with Gasteiger partial charge in [0.2, 0.25) is 0 Å². The standard InChI is InChI=1S/C9H9BrO3S/c10-8-3-1-2-7(4-8)5-14(13)6-9(11)12/h1-4H,5-6H2,(H,11,12). The van der Waals surface area contributed by atoms with Gasteiger partial charge in [0.15, 0.2) is 0 Å². The van der Waals surface area contributed by atoms with Gasteiger partial charge in [-0.1, -0.05) is 28.1 Å². The maximum atomic E-state index is 11.2. The van der Waals surface area contributed by atoms with E-state index < -0.39 is 16.8 Å². The highest BCUT2D eigenvalue weighted by Crippen LogP contribution is 2.12. The topological polar surface area (TPSA) is 54.4 Å². The van der Waals surface area contributed by atoms with E-state index in [9.17, 15) is 9.00 Å². The Morgan fingerprint density at radius 1 is 1.50 bits per heavy atom. The van der Waals surface area contributed by atoms with Crippen molar-refractivity contribution >= 4 is 32.7 Å². The van der Waals surface area contributed by atoms with Gasteiger partial charge >= 0.3 is 5.97 Å². The number of hydrogen-bond acceptors (Lipinski definition) is 2. The Morgan fingerprint density at radius 2 is 2.21 bits per heavy atom. The molecule has 0 radical (unpaired) electrons. The van der Waals surface area contributed by atoms with Gasteiger partial charge in [-0.05, 0) is 17.7 Å². The molecule has 0 aliphatic heterocycles. The van der Waals surface area contributed by atoms with Gasteiger partial charge in [-0.2, -0.15) is 0 Å². The largest absolute Gasteiger partial charge is 0.481 e. The summed E-state index contributed by atoms with van der Waals surface area (Å²) in [4.78, 5) is 10.3. The maximum absolute atomic E-state index is 11.2. The van der Waals surface area contributed by atoms with E-state index in [4.69, 9.17) is 5.11 Å². The summed E-state index contributed by atoms with van der Waals surface area (Å²) in [6.07, 6.45) is 0. The van der Waals surface area contributed by atoms with E-state index in [0.717, 1.165) is 10.0 Å². The van der Waals surface area contributed by atoms with Gasteiger partial charge in [0, 0.05) is 21.0 Å². The molecule has 5 heteroatoms. The molecule has 76 valence electrons. The lowest BCUT2D eigenvalue weighted by atomic mass is 10.2. The van der Waals surface area contributed by atoms with Crippen molar-refractivity contribution in [2.75, 3.05) is 5.75 Å². The fourth-order valence-electron chi connectivity index (χ4n) is 1.00. The van der Waals surface area contributed by atoms with Crippen molar-refractivity contribution in [2.24, 2.45) is 0 Å². The van der Waals surface area contributed by atoms with Crippen LogP contribution < -0.4 is 0 Å². The predicted octanol–water partition coefficient (Wildman–Crippen LogP) is 1.78. The van der Waals surface area contributed by atoms with E-state index in [0.29, 0.717) is 0 Å². The van der Waals surface area contributed by atoms with Crippen LogP contribution in [0.4, 0.5) is 0 Å². The van der Waals surface area contributed by atoms with Crippen LogP contribution in [0.25, 0.3) is 0 Å². The Hall–Kier alpha value is -0.680. The highest BCUT2D eigenvalue weighted by Gasteiger charge is 2.06. The van der Waals surface area contributed by atoms with Crippen LogP contribution >= 0.6 is 15.9 Å². The zero-order chi connectivity index (χ0) is 10.6. The van der Waals surface area contributed by atoms with Crippen LogP contribution in [0.3, 0.4) is 0 Å². The Balaban J connectivity index is 2.60. The fourth-order valence-corrected chi connectivity index (χ4v) is 2.38. The molecule has 0 heterocycles. The Labute approximate surface area is 92.7 Å². The number of carbonyl (C=O) groups is 1. The van der Waals surface area contributed by atoms with Crippen molar-refractivity contribution in [3.8, 4) is 0 Å². The molecule has 1 N–H and O–H groups in total. The summed E-state index contributed by atoms with van der Waals surface area (Å²) in [5.74, 6) is -1.04. The first-order valence-corrected chi connectivity index (χ1v) is 6.17. The molecule has 0 fully saturated rings. The molecule has 1 unspecified atom stereocenters. The van der Waals surface area contributed by atoms with Crippen LogP contribution in [0.1, 0.15) is 5.56 Å². The van der Waals surface area contributed by atoms with E-state index in [-0.39, 0.29) is 11.5 Å². The first-order valence-electron chi connectivity index (χ1n) is 3.89. The van der Waals surface area contributed by atoms with E-state index in [1.165, 1.54) is 0 Å². The van der Waals surface area contributed by atoms with Gasteiger partial charge in [0.25, 0.3) is 0 Å². The fraction of sp³-hybridized carbons (Fsp3) is 0.222. The minimum Gasteiger partial charge on any atom is -0.481 e. The average Bonchev–Trinajstić information content (AvgIpc) is 2.01. The molecule has 0 saturated heterocycles. The van der Waals surface area contributed by atoms with Gasteiger partial charge in [-0.15, -0.1) is 0 Å².